The lowest BCUT2D eigenvalue weighted by atomic mass is 10.1. The smallest absolute Gasteiger partial charge is 0.264 e. The summed E-state index contributed by atoms with van der Waals surface area (Å²) in [6, 6.07) is 7.22. The van der Waals surface area contributed by atoms with Gasteiger partial charge >= 0.3 is 0 Å². The molecule has 0 unspecified atom stereocenters. The zero-order valence-corrected chi connectivity index (χ0v) is 20.0. The quantitative estimate of drug-likeness (QED) is 0.259. The van der Waals surface area contributed by atoms with Crippen molar-refractivity contribution >= 4 is 45.7 Å². The number of piperidine rings is 1. The van der Waals surface area contributed by atoms with E-state index in [1.54, 1.807) is 0 Å². The number of benzene rings is 1. The normalized spacial score (nSPS) is 26.9. The van der Waals surface area contributed by atoms with Gasteiger partial charge in [0, 0.05) is 25.1 Å². The second-order valence-electron chi connectivity index (χ2n) is 8.72. The van der Waals surface area contributed by atoms with Crippen LogP contribution in [0.4, 0.5) is 11.8 Å². The summed E-state index contributed by atoms with van der Waals surface area (Å²) >= 11 is 1.39. The van der Waals surface area contributed by atoms with Gasteiger partial charge in [-0.2, -0.15) is 4.98 Å². The summed E-state index contributed by atoms with van der Waals surface area (Å²) in [5.41, 5.74) is 0.734. The lowest BCUT2D eigenvalue weighted by Gasteiger charge is -2.25. The lowest BCUT2D eigenvalue weighted by Crippen LogP contribution is -2.39. The van der Waals surface area contributed by atoms with Gasteiger partial charge in [-0.05, 0) is 37.9 Å². The molecule has 184 valence electrons. The number of thiazole rings is 1. The first-order valence-corrected chi connectivity index (χ1v) is 12.1. The fourth-order valence-corrected chi connectivity index (χ4v) is 5.62. The van der Waals surface area contributed by atoms with Crippen LogP contribution < -0.4 is 21.5 Å². The molecule has 1 aliphatic carbocycles. The number of aromatic nitrogens is 3. The van der Waals surface area contributed by atoms with Crippen molar-refractivity contribution in [1.29, 1.82) is 0 Å². The predicted molar refractivity (Wildman–Crippen MR) is 135 cm³/mol. The third-order valence-electron chi connectivity index (χ3n) is 6.42. The van der Waals surface area contributed by atoms with Crippen molar-refractivity contribution in [2.45, 2.75) is 43.6 Å². The summed E-state index contributed by atoms with van der Waals surface area (Å²) < 4.78 is 0.949. The predicted octanol–water partition coefficient (Wildman–Crippen LogP) is 1.15. The molecule has 3 aromatic rings. The number of para-hydroxylation sites is 1. The standard InChI is InChI=1S/C22H28N6O4S.ClH/c29-10-11-8-14(18(31)17(11)30)25-19-16(21-26-13-5-1-2-6-15(13)33-21)20(32)28-22(27-19)24-12-4-3-7-23-9-12;/h1-2,5-6,11-12,14,17-18,23,29-31H,3-4,7-10H2,(H3,24,25,27,28,32);1H/t11-,12+,14-,17-,18+;/m1./s1. The average molecular weight is 509 g/mol. The van der Waals surface area contributed by atoms with E-state index in [2.05, 4.69) is 30.9 Å². The molecule has 2 aliphatic rings. The molecule has 1 aliphatic heterocycles. The van der Waals surface area contributed by atoms with Crippen LogP contribution in [0.1, 0.15) is 19.3 Å². The van der Waals surface area contributed by atoms with Crippen molar-refractivity contribution in [3.05, 3.63) is 34.6 Å². The minimum absolute atomic E-state index is 0. The number of aliphatic hydroxyl groups excluding tert-OH is 3. The molecule has 12 heteroatoms. The van der Waals surface area contributed by atoms with Crippen LogP contribution in [0.5, 0.6) is 0 Å². The highest BCUT2D eigenvalue weighted by atomic mass is 35.5. The fourth-order valence-electron chi connectivity index (χ4n) is 4.62. The molecule has 34 heavy (non-hydrogen) atoms. The van der Waals surface area contributed by atoms with Crippen molar-refractivity contribution in [3.63, 3.8) is 0 Å². The van der Waals surface area contributed by atoms with Crippen molar-refractivity contribution in [2.24, 2.45) is 5.92 Å². The molecule has 2 aromatic heterocycles. The molecule has 7 N–H and O–H groups in total. The van der Waals surface area contributed by atoms with Gasteiger partial charge < -0.3 is 31.3 Å². The van der Waals surface area contributed by atoms with E-state index < -0.39 is 24.2 Å². The number of anilines is 2. The summed E-state index contributed by atoms with van der Waals surface area (Å²) in [4.78, 5) is 25.4. The summed E-state index contributed by atoms with van der Waals surface area (Å²) in [6.45, 7) is 1.52. The molecule has 10 nitrogen and oxygen atoms in total. The van der Waals surface area contributed by atoms with Gasteiger partial charge in [0.05, 0.1) is 22.4 Å². The number of H-pyrrole nitrogens is 1. The molecule has 5 atom stereocenters. The molecule has 5 rings (SSSR count). The Kier molecular flexibility index (Phi) is 7.70. The molecule has 1 saturated heterocycles. The van der Waals surface area contributed by atoms with Crippen molar-refractivity contribution < 1.29 is 15.3 Å². The SMILES string of the molecule is Cl.O=c1[nH]c(N[C@H]2CCCNC2)nc(N[C@@H]2C[C@H](CO)[C@@H](O)[C@H]2O)c1-c1nc2ccccc2s1. The first-order chi connectivity index (χ1) is 16.0. The molecule has 3 heterocycles. The first-order valence-electron chi connectivity index (χ1n) is 11.2. The van der Waals surface area contributed by atoms with E-state index in [1.807, 2.05) is 24.3 Å². The highest BCUT2D eigenvalue weighted by molar-refractivity contribution is 7.21. The molecule has 0 bridgehead atoms. The van der Waals surface area contributed by atoms with Gasteiger partial charge in [-0.3, -0.25) is 9.78 Å². The molecule has 0 radical (unpaired) electrons. The van der Waals surface area contributed by atoms with Crippen LogP contribution >= 0.6 is 23.7 Å². The summed E-state index contributed by atoms with van der Waals surface area (Å²) in [7, 11) is 0. The van der Waals surface area contributed by atoms with Crippen LogP contribution in [-0.2, 0) is 0 Å². The summed E-state index contributed by atoms with van der Waals surface area (Å²) in [5.74, 6) is 0.183. The number of aliphatic hydroxyl groups is 3. The van der Waals surface area contributed by atoms with Crippen molar-refractivity contribution in [2.75, 3.05) is 30.3 Å². The Hall–Kier alpha value is -2.28. The van der Waals surface area contributed by atoms with Crippen LogP contribution in [0.2, 0.25) is 0 Å². The van der Waals surface area contributed by atoms with E-state index in [-0.39, 0.29) is 36.2 Å². The van der Waals surface area contributed by atoms with Gasteiger partial charge in [-0.15, -0.1) is 23.7 Å². The van der Waals surface area contributed by atoms with Gasteiger partial charge in [-0.1, -0.05) is 12.1 Å². The van der Waals surface area contributed by atoms with Gasteiger partial charge in [0.2, 0.25) is 5.95 Å². The fraction of sp³-hybridized carbons (Fsp3) is 0.500. The molecular weight excluding hydrogens is 480 g/mol. The maximum absolute atomic E-state index is 13.2. The Morgan fingerprint density at radius 3 is 2.68 bits per heavy atom. The second kappa shape index (κ2) is 10.5. The lowest BCUT2D eigenvalue weighted by molar-refractivity contribution is 0.00446. The third-order valence-corrected chi connectivity index (χ3v) is 7.48. The molecule has 2 fully saturated rings. The number of fused-ring (bicyclic) bond motifs is 1. The van der Waals surface area contributed by atoms with Crippen LogP contribution in [0.25, 0.3) is 20.8 Å². The number of nitrogens with one attached hydrogen (secondary N) is 4. The maximum atomic E-state index is 13.2. The monoisotopic (exact) mass is 508 g/mol. The molecule has 0 amide bonds. The van der Waals surface area contributed by atoms with Gasteiger partial charge in [0.25, 0.3) is 5.56 Å². The Bertz CT molecular complexity index is 1150. The number of aromatic amines is 1. The summed E-state index contributed by atoms with van der Waals surface area (Å²) in [5, 5.41) is 40.6. The van der Waals surface area contributed by atoms with Crippen LogP contribution in [-0.4, -0.2) is 74.3 Å². The largest absolute Gasteiger partial charge is 0.396 e. The molecular formula is C22H29ClN6O4S. The van der Waals surface area contributed by atoms with Crippen LogP contribution in [0, 0.1) is 5.92 Å². The molecule has 0 spiro atoms. The van der Waals surface area contributed by atoms with E-state index in [1.165, 1.54) is 11.3 Å². The highest BCUT2D eigenvalue weighted by Crippen LogP contribution is 2.34. The molecule has 1 saturated carbocycles. The van der Waals surface area contributed by atoms with Gasteiger partial charge in [0.15, 0.2) is 0 Å². The number of rotatable bonds is 6. The highest BCUT2D eigenvalue weighted by Gasteiger charge is 2.41. The van der Waals surface area contributed by atoms with E-state index in [0.717, 1.165) is 36.1 Å². The number of hydrogen-bond donors (Lipinski definition) is 7. The Labute approximate surface area is 206 Å². The van der Waals surface area contributed by atoms with Gasteiger partial charge in [-0.25, -0.2) is 4.98 Å². The maximum Gasteiger partial charge on any atom is 0.264 e. The summed E-state index contributed by atoms with van der Waals surface area (Å²) in [6.07, 6.45) is 0.204. The second-order valence-corrected chi connectivity index (χ2v) is 9.75. The topological polar surface area (TPSA) is 155 Å². The van der Waals surface area contributed by atoms with Crippen LogP contribution in [0.15, 0.2) is 29.1 Å². The Morgan fingerprint density at radius 2 is 1.97 bits per heavy atom. The zero-order valence-electron chi connectivity index (χ0n) is 18.4. The van der Waals surface area contributed by atoms with E-state index in [4.69, 9.17) is 0 Å². The zero-order chi connectivity index (χ0) is 22.9. The Balaban J connectivity index is 0.00000274. The van der Waals surface area contributed by atoms with E-state index in [0.29, 0.717) is 23.2 Å². The minimum Gasteiger partial charge on any atom is -0.396 e. The first kappa shape index (κ1) is 24.8. The number of hydrogen-bond acceptors (Lipinski definition) is 10. The van der Waals surface area contributed by atoms with Crippen molar-refractivity contribution in [1.82, 2.24) is 20.3 Å². The van der Waals surface area contributed by atoms with Gasteiger partial charge in [0.1, 0.15) is 22.5 Å². The number of halogens is 1. The average Bonchev–Trinajstić information content (AvgIpc) is 3.35. The van der Waals surface area contributed by atoms with Crippen molar-refractivity contribution in [3.8, 4) is 10.6 Å². The third kappa shape index (κ3) is 4.90. The Morgan fingerprint density at radius 1 is 1.15 bits per heavy atom. The van der Waals surface area contributed by atoms with E-state index >= 15 is 0 Å². The van der Waals surface area contributed by atoms with E-state index in [9.17, 15) is 20.1 Å². The minimum atomic E-state index is -1.09. The molecule has 1 aromatic carbocycles. The number of nitrogens with zero attached hydrogens (tertiary/aromatic N) is 2. The van der Waals surface area contributed by atoms with Crippen LogP contribution in [0.3, 0.4) is 0 Å².